The number of ether oxygens (including phenoxy) is 1. The topological polar surface area (TPSA) is 58.6 Å². The fourth-order valence-electron chi connectivity index (χ4n) is 3.21. The summed E-state index contributed by atoms with van der Waals surface area (Å²) in [6.07, 6.45) is 1.82. The molecule has 0 radical (unpaired) electrons. The summed E-state index contributed by atoms with van der Waals surface area (Å²) in [7, 11) is 3.95. The molecule has 0 bridgehead atoms. The van der Waals surface area contributed by atoms with E-state index < -0.39 is 6.10 Å². The molecule has 6 heteroatoms. The number of carbonyl (C=O) groups is 1. The molecule has 1 aliphatic heterocycles. The second kappa shape index (κ2) is 7.72. The molecule has 0 spiro atoms. The lowest BCUT2D eigenvalue weighted by Gasteiger charge is -2.33. The van der Waals surface area contributed by atoms with E-state index in [2.05, 4.69) is 9.97 Å². The van der Waals surface area contributed by atoms with Crippen LogP contribution < -0.4 is 9.64 Å². The van der Waals surface area contributed by atoms with Crippen LogP contribution in [-0.4, -0.2) is 47.5 Å². The summed E-state index contributed by atoms with van der Waals surface area (Å²) in [6.45, 7) is 5.17. The molecule has 1 unspecified atom stereocenters. The smallest absolute Gasteiger partial charge is 0.264 e. The van der Waals surface area contributed by atoms with Crippen LogP contribution in [0, 0.1) is 5.92 Å². The van der Waals surface area contributed by atoms with Crippen molar-refractivity contribution >= 4 is 11.7 Å². The molecule has 138 valence electrons. The van der Waals surface area contributed by atoms with E-state index in [0.29, 0.717) is 18.8 Å². The number of rotatable bonds is 5. The number of fused-ring (bicyclic) bond motifs is 1. The molecule has 1 aromatic heterocycles. The van der Waals surface area contributed by atoms with Gasteiger partial charge in [0, 0.05) is 26.2 Å². The SMILES string of the molecule is CC(C)C(Oc1ccccc1)C(=O)N1CCc2c(ncnc2N(C)C)C1. The molecule has 0 N–H and O–H groups in total. The standard InChI is InChI=1S/C20H26N4O2/c1-14(2)18(26-15-8-6-5-7-9-15)20(25)24-11-10-16-17(12-24)21-13-22-19(16)23(3)4/h5-9,13-14,18H,10-12H2,1-4H3. The molecular weight excluding hydrogens is 328 g/mol. The van der Waals surface area contributed by atoms with Crippen molar-refractivity contribution in [2.75, 3.05) is 25.5 Å². The summed E-state index contributed by atoms with van der Waals surface area (Å²) in [5.41, 5.74) is 2.05. The maximum absolute atomic E-state index is 13.1. The Kier molecular flexibility index (Phi) is 5.40. The van der Waals surface area contributed by atoms with Gasteiger partial charge < -0.3 is 14.5 Å². The molecule has 1 atom stereocenters. The van der Waals surface area contributed by atoms with Crippen molar-refractivity contribution in [1.82, 2.24) is 14.9 Å². The predicted octanol–water partition coefficient (Wildman–Crippen LogP) is 2.53. The van der Waals surface area contributed by atoms with Crippen molar-refractivity contribution in [2.24, 2.45) is 5.92 Å². The Hall–Kier alpha value is -2.63. The zero-order valence-electron chi connectivity index (χ0n) is 15.8. The van der Waals surface area contributed by atoms with E-state index in [1.807, 2.05) is 68.1 Å². The molecule has 6 nitrogen and oxygen atoms in total. The Bertz CT molecular complexity index is 762. The van der Waals surface area contributed by atoms with Crippen LogP contribution in [0.5, 0.6) is 5.75 Å². The van der Waals surface area contributed by atoms with Crippen molar-refractivity contribution in [2.45, 2.75) is 32.9 Å². The van der Waals surface area contributed by atoms with Gasteiger partial charge in [-0.2, -0.15) is 0 Å². The largest absolute Gasteiger partial charge is 0.480 e. The highest BCUT2D eigenvalue weighted by Gasteiger charge is 2.32. The molecule has 2 aromatic rings. The first-order valence-corrected chi connectivity index (χ1v) is 8.98. The number of para-hydroxylation sites is 1. The minimum atomic E-state index is -0.505. The van der Waals surface area contributed by atoms with Crippen molar-refractivity contribution < 1.29 is 9.53 Å². The van der Waals surface area contributed by atoms with Crippen LogP contribution in [0.25, 0.3) is 0 Å². The molecule has 1 aliphatic rings. The molecule has 0 saturated heterocycles. The summed E-state index contributed by atoms with van der Waals surface area (Å²) in [6, 6.07) is 9.51. The van der Waals surface area contributed by atoms with Crippen LogP contribution in [0.15, 0.2) is 36.7 Å². The van der Waals surface area contributed by atoms with E-state index in [1.54, 1.807) is 6.33 Å². The molecule has 3 rings (SSSR count). The molecule has 26 heavy (non-hydrogen) atoms. The first kappa shape index (κ1) is 18.2. The van der Waals surface area contributed by atoms with Crippen molar-refractivity contribution in [3.8, 4) is 5.75 Å². The number of hydrogen-bond acceptors (Lipinski definition) is 5. The number of carbonyl (C=O) groups excluding carboxylic acids is 1. The monoisotopic (exact) mass is 354 g/mol. The molecule has 2 heterocycles. The molecule has 0 saturated carbocycles. The molecule has 0 fully saturated rings. The highest BCUT2D eigenvalue weighted by molar-refractivity contribution is 5.82. The van der Waals surface area contributed by atoms with Gasteiger partial charge in [0.2, 0.25) is 0 Å². The third-order valence-electron chi connectivity index (χ3n) is 4.57. The van der Waals surface area contributed by atoms with E-state index in [0.717, 1.165) is 23.5 Å². The van der Waals surface area contributed by atoms with Crippen LogP contribution in [-0.2, 0) is 17.8 Å². The van der Waals surface area contributed by atoms with E-state index in [1.165, 1.54) is 0 Å². The maximum Gasteiger partial charge on any atom is 0.264 e. The zero-order valence-corrected chi connectivity index (χ0v) is 15.8. The summed E-state index contributed by atoms with van der Waals surface area (Å²) in [5.74, 6) is 1.74. The van der Waals surface area contributed by atoms with Gasteiger partial charge in [0.1, 0.15) is 17.9 Å². The van der Waals surface area contributed by atoms with Crippen LogP contribution in [0.2, 0.25) is 0 Å². The number of anilines is 1. The Morgan fingerprint density at radius 2 is 1.92 bits per heavy atom. The average Bonchev–Trinajstić information content (AvgIpc) is 2.65. The van der Waals surface area contributed by atoms with E-state index in [4.69, 9.17) is 4.74 Å². The van der Waals surface area contributed by atoms with Gasteiger partial charge in [-0.05, 0) is 24.5 Å². The molecule has 0 aliphatic carbocycles. The van der Waals surface area contributed by atoms with Gasteiger partial charge in [0.15, 0.2) is 6.10 Å². The highest BCUT2D eigenvalue weighted by Crippen LogP contribution is 2.26. The van der Waals surface area contributed by atoms with E-state index >= 15 is 0 Å². The number of aromatic nitrogens is 2. The van der Waals surface area contributed by atoms with Gasteiger partial charge in [0.25, 0.3) is 5.91 Å². The Labute approximate surface area is 154 Å². The Morgan fingerprint density at radius 1 is 1.19 bits per heavy atom. The third-order valence-corrected chi connectivity index (χ3v) is 4.57. The van der Waals surface area contributed by atoms with Gasteiger partial charge >= 0.3 is 0 Å². The Morgan fingerprint density at radius 3 is 2.58 bits per heavy atom. The minimum absolute atomic E-state index is 0.0134. The molecule has 1 aromatic carbocycles. The fraction of sp³-hybridized carbons (Fsp3) is 0.450. The normalized spacial score (nSPS) is 14.7. The zero-order chi connectivity index (χ0) is 18.7. The third kappa shape index (κ3) is 3.79. The average molecular weight is 354 g/mol. The first-order valence-electron chi connectivity index (χ1n) is 8.98. The Balaban J connectivity index is 1.78. The summed E-state index contributed by atoms with van der Waals surface area (Å²) in [4.78, 5) is 25.7. The lowest BCUT2D eigenvalue weighted by Crippen LogP contribution is -2.47. The maximum atomic E-state index is 13.1. The van der Waals surface area contributed by atoms with Crippen LogP contribution >= 0.6 is 0 Å². The number of hydrogen-bond donors (Lipinski definition) is 0. The highest BCUT2D eigenvalue weighted by atomic mass is 16.5. The lowest BCUT2D eigenvalue weighted by atomic mass is 10.0. The van der Waals surface area contributed by atoms with Crippen molar-refractivity contribution in [3.05, 3.63) is 47.9 Å². The van der Waals surface area contributed by atoms with Gasteiger partial charge in [0.05, 0.1) is 12.2 Å². The molecular formula is C20H26N4O2. The van der Waals surface area contributed by atoms with Crippen LogP contribution in [0.1, 0.15) is 25.1 Å². The summed E-state index contributed by atoms with van der Waals surface area (Å²) < 4.78 is 6.01. The summed E-state index contributed by atoms with van der Waals surface area (Å²) in [5, 5.41) is 0. The van der Waals surface area contributed by atoms with Gasteiger partial charge in [-0.1, -0.05) is 32.0 Å². The molecule has 1 amide bonds. The van der Waals surface area contributed by atoms with Crippen LogP contribution in [0.3, 0.4) is 0 Å². The van der Waals surface area contributed by atoms with E-state index in [-0.39, 0.29) is 11.8 Å². The van der Waals surface area contributed by atoms with Gasteiger partial charge in [-0.3, -0.25) is 4.79 Å². The van der Waals surface area contributed by atoms with Crippen molar-refractivity contribution in [1.29, 1.82) is 0 Å². The first-order chi connectivity index (χ1) is 12.5. The number of benzene rings is 1. The van der Waals surface area contributed by atoms with Crippen molar-refractivity contribution in [3.63, 3.8) is 0 Å². The predicted molar refractivity (Wildman–Crippen MR) is 101 cm³/mol. The van der Waals surface area contributed by atoms with Gasteiger partial charge in [-0.25, -0.2) is 9.97 Å². The lowest BCUT2D eigenvalue weighted by molar-refractivity contribution is -0.141. The number of amides is 1. The van der Waals surface area contributed by atoms with Crippen LogP contribution in [0.4, 0.5) is 5.82 Å². The summed E-state index contributed by atoms with van der Waals surface area (Å²) >= 11 is 0. The van der Waals surface area contributed by atoms with Gasteiger partial charge in [-0.15, -0.1) is 0 Å². The quantitative estimate of drug-likeness (QED) is 0.826. The number of nitrogens with zero attached hydrogens (tertiary/aromatic N) is 4. The second-order valence-corrected chi connectivity index (χ2v) is 7.12. The second-order valence-electron chi connectivity index (χ2n) is 7.12. The van der Waals surface area contributed by atoms with E-state index in [9.17, 15) is 4.79 Å². The minimum Gasteiger partial charge on any atom is -0.480 e. The fourth-order valence-corrected chi connectivity index (χ4v) is 3.21.